The molecule has 3 nitrogen and oxygen atoms in total. The van der Waals surface area contributed by atoms with Crippen molar-refractivity contribution in [3.8, 4) is 0 Å². The number of methoxy groups -OCH3 is 1. The minimum atomic E-state index is 0.453. The third-order valence-electron chi connectivity index (χ3n) is 3.01. The summed E-state index contributed by atoms with van der Waals surface area (Å²) in [7, 11) is 1.70. The molecule has 0 aromatic heterocycles. The van der Waals surface area contributed by atoms with E-state index in [-0.39, 0.29) is 0 Å². The lowest BCUT2D eigenvalue weighted by Crippen LogP contribution is -2.24. The van der Waals surface area contributed by atoms with Gasteiger partial charge in [-0.3, -0.25) is 0 Å². The molecule has 0 radical (unpaired) electrons. The van der Waals surface area contributed by atoms with Crippen LogP contribution in [0.1, 0.15) is 32.1 Å². The highest BCUT2D eigenvalue weighted by Crippen LogP contribution is 2.27. The summed E-state index contributed by atoms with van der Waals surface area (Å²) in [6.45, 7) is 2.27. The number of hydrogen-bond acceptors (Lipinski definition) is 3. The van der Waals surface area contributed by atoms with Crippen molar-refractivity contribution in [2.24, 2.45) is 11.7 Å². The summed E-state index contributed by atoms with van der Waals surface area (Å²) < 4.78 is 10.3. The first-order valence-corrected chi connectivity index (χ1v) is 5.67. The largest absolute Gasteiger partial charge is 0.382 e. The summed E-state index contributed by atoms with van der Waals surface area (Å²) in [5.41, 5.74) is 5.98. The third-order valence-corrected chi connectivity index (χ3v) is 3.01. The standard InChI is InChI=1S/C11H23NO2/c1-13-8-9-14-7-3-5-10-4-2-6-11(10)12/h10-11H,2-9,12H2,1H3. The maximum absolute atomic E-state index is 5.98. The van der Waals surface area contributed by atoms with E-state index in [0.717, 1.165) is 18.9 Å². The van der Waals surface area contributed by atoms with Gasteiger partial charge in [0.1, 0.15) is 0 Å². The molecule has 0 heterocycles. The Bertz CT molecular complexity index is 141. The molecular formula is C11H23NO2. The highest BCUT2D eigenvalue weighted by molar-refractivity contribution is 4.79. The first-order valence-electron chi connectivity index (χ1n) is 5.67. The fourth-order valence-electron chi connectivity index (χ4n) is 2.12. The molecule has 2 atom stereocenters. The minimum Gasteiger partial charge on any atom is -0.382 e. The second-order valence-corrected chi connectivity index (χ2v) is 4.10. The van der Waals surface area contributed by atoms with Crippen molar-refractivity contribution in [2.45, 2.75) is 38.1 Å². The van der Waals surface area contributed by atoms with Gasteiger partial charge in [0.25, 0.3) is 0 Å². The van der Waals surface area contributed by atoms with Gasteiger partial charge in [0.2, 0.25) is 0 Å². The third kappa shape index (κ3) is 4.40. The normalized spacial score (nSPS) is 27.0. The molecule has 3 heteroatoms. The molecule has 0 amide bonds. The summed E-state index contributed by atoms with van der Waals surface area (Å²) in [5.74, 6) is 0.751. The van der Waals surface area contributed by atoms with Gasteiger partial charge in [-0.2, -0.15) is 0 Å². The van der Waals surface area contributed by atoms with Gasteiger partial charge in [0.05, 0.1) is 13.2 Å². The van der Waals surface area contributed by atoms with Gasteiger partial charge in [-0.15, -0.1) is 0 Å². The van der Waals surface area contributed by atoms with Gasteiger partial charge in [-0.25, -0.2) is 0 Å². The van der Waals surface area contributed by atoms with E-state index in [0.29, 0.717) is 19.3 Å². The molecule has 1 saturated carbocycles. The van der Waals surface area contributed by atoms with E-state index >= 15 is 0 Å². The monoisotopic (exact) mass is 201 g/mol. The molecule has 0 aliphatic heterocycles. The number of nitrogens with two attached hydrogens (primary N) is 1. The van der Waals surface area contributed by atoms with E-state index in [4.69, 9.17) is 15.2 Å². The van der Waals surface area contributed by atoms with Gasteiger partial charge in [0, 0.05) is 19.8 Å². The lowest BCUT2D eigenvalue weighted by molar-refractivity contribution is 0.0670. The molecule has 1 rings (SSSR count). The van der Waals surface area contributed by atoms with Crippen molar-refractivity contribution in [3.05, 3.63) is 0 Å². The summed E-state index contributed by atoms with van der Waals surface area (Å²) in [6.07, 6.45) is 6.22. The van der Waals surface area contributed by atoms with Crippen molar-refractivity contribution in [2.75, 3.05) is 26.9 Å². The van der Waals surface area contributed by atoms with Gasteiger partial charge in [-0.05, 0) is 31.6 Å². The zero-order valence-corrected chi connectivity index (χ0v) is 9.21. The van der Waals surface area contributed by atoms with Crippen molar-refractivity contribution in [1.82, 2.24) is 0 Å². The molecular weight excluding hydrogens is 178 g/mol. The molecule has 0 spiro atoms. The quantitative estimate of drug-likeness (QED) is 0.636. The molecule has 2 unspecified atom stereocenters. The lowest BCUT2D eigenvalue weighted by atomic mass is 9.99. The average Bonchev–Trinajstić information content (AvgIpc) is 2.58. The zero-order valence-electron chi connectivity index (χ0n) is 9.21. The maximum atomic E-state index is 5.98. The first-order chi connectivity index (χ1) is 6.84. The van der Waals surface area contributed by atoms with E-state index in [1.54, 1.807) is 7.11 Å². The predicted molar refractivity (Wildman–Crippen MR) is 57.2 cm³/mol. The Morgan fingerprint density at radius 1 is 1.21 bits per heavy atom. The smallest absolute Gasteiger partial charge is 0.0700 e. The zero-order chi connectivity index (χ0) is 10.2. The van der Waals surface area contributed by atoms with Crippen LogP contribution in [0.5, 0.6) is 0 Å². The Morgan fingerprint density at radius 2 is 2.07 bits per heavy atom. The van der Waals surface area contributed by atoms with Crippen LogP contribution < -0.4 is 5.73 Å². The van der Waals surface area contributed by atoms with Gasteiger partial charge in [-0.1, -0.05) is 6.42 Å². The summed E-state index contributed by atoms with van der Waals surface area (Å²) in [6, 6.07) is 0.453. The van der Waals surface area contributed by atoms with Crippen LogP contribution in [-0.4, -0.2) is 33.0 Å². The minimum absolute atomic E-state index is 0.453. The van der Waals surface area contributed by atoms with Crippen LogP contribution in [0.15, 0.2) is 0 Å². The number of hydrogen-bond donors (Lipinski definition) is 1. The predicted octanol–water partition coefficient (Wildman–Crippen LogP) is 1.56. The first kappa shape index (κ1) is 12.0. The summed E-state index contributed by atoms with van der Waals surface area (Å²) in [5, 5.41) is 0. The Balaban J connectivity index is 1.88. The van der Waals surface area contributed by atoms with Crippen LogP contribution in [0.2, 0.25) is 0 Å². The number of rotatable bonds is 7. The van der Waals surface area contributed by atoms with Crippen LogP contribution >= 0.6 is 0 Å². The average molecular weight is 201 g/mol. The molecule has 0 aromatic carbocycles. The van der Waals surface area contributed by atoms with E-state index in [1.165, 1.54) is 25.7 Å². The van der Waals surface area contributed by atoms with Gasteiger partial charge < -0.3 is 15.2 Å². The van der Waals surface area contributed by atoms with Gasteiger partial charge in [0.15, 0.2) is 0 Å². The molecule has 1 fully saturated rings. The van der Waals surface area contributed by atoms with Crippen LogP contribution in [0.25, 0.3) is 0 Å². The Hall–Kier alpha value is -0.120. The topological polar surface area (TPSA) is 44.5 Å². The molecule has 1 aliphatic carbocycles. The Morgan fingerprint density at radius 3 is 2.71 bits per heavy atom. The second-order valence-electron chi connectivity index (χ2n) is 4.10. The summed E-state index contributed by atoms with van der Waals surface area (Å²) >= 11 is 0. The molecule has 14 heavy (non-hydrogen) atoms. The van der Waals surface area contributed by atoms with E-state index in [9.17, 15) is 0 Å². The van der Waals surface area contributed by atoms with Crippen molar-refractivity contribution in [3.63, 3.8) is 0 Å². The fraction of sp³-hybridized carbons (Fsp3) is 1.00. The van der Waals surface area contributed by atoms with Crippen LogP contribution in [0.3, 0.4) is 0 Å². The SMILES string of the molecule is COCCOCCCC1CCCC1N. The van der Waals surface area contributed by atoms with Crippen LogP contribution in [0.4, 0.5) is 0 Å². The highest BCUT2D eigenvalue weighted by atomic mass is 16.5. The van der Waals surface area contributed by atoms with E-state index < -0.39 is 0 Å². The van der Waals surface area contributed by atoms with Crippen molar-refractivity contribution in [1.29, 1.82) is 0 Å². The maximum Gasteiger partial charge on any atom is 0.0700 e. The van der Waals surface area contributed by atoms with Crippen molar-refractivity contribution < 1.29 is 9.47 Å². The fourth-order valence-corrected chi connectivity index (χ4v) is 2.12. The number of ether oxygens (including phenoxy) is 2. The van der Waals surface area contributed by atoms with Crippen molar-refractivity contribution >= 4 is 0 Å². The molecule has 0 bridgehead atoms. The summed E-state index contributed by atoms with van der Waals surface area (Å²) in [4.78, 5) is 0. The van der Waals surface area contributed by atoms with E-state index in [1.807, 2.05) is 0 Å². The van der Waals surface area contributed by atoms with Gasteiger partial charge >= 0.3 is 0 Å². The van der Waals surface area contributed by atoms with Crippen LogP contribution in [0, 0.1) is 5.92 Å². The van der Waals surface area contributed by atoms with Crippen LogP contribution in [-0.2, 0) is 9.47 Å². The molecule has 0 aromatic rings. The molecule has 1 aliphatic rings. The second kappa shape index (κ2) is 7.21. The van der Waals surface area contributed by atoms with E-state index in [2.05, 4.69) is 0 Å². The molecule has 84 valence electrons. The molecule has 2 N–H and O–H groups in total. The Kier molecular flexibility index (Phi) is 6.15. The molecule has 0 saturated heterocycles. The highest BCUT2D eigenvalue weighted by Gasteiger charge is 2.22. The Labute approximate surface area is 86.9 Å². The lowest BCUT2D eigenvalue weighted by Gasteiger charge is -2.14.